The number of nitrogen functional groups attached to an aromatic ring is 1. The fourth-order valence-electron chi connectivity index (χ4n) is 1.38. The number of halogens is 3. The molecule has 2 rings (SSSR count). The van der Waals surface area contributed by atoms with Gasteiger partial charge in [-0.2, -0.15) is 0 Å². The molecule has 94 valence electrons. The van der Waals surface area contributed by atoms with Crippen molar-refractivity contribution in [3.05, 3.63) is 44.3 Å². The van der Waals surface area contributed by atoms with E-state index < -0.39 is 0 Å². The van der Waals surface area contributed by atoms with Crippen LogP contribution in [0.25, 0.3) is 0 Å². The number of anilines is 3. The molecule has 1 aromatic heterocycles. The number of aromatic nitrogens is 1. The maximum Gasteiger partial charge on any atom is 0.151 e. The third-order valence-electron chi connectivity index (χ3n) is 2.39. The number of aryl methyl sites for hydroxylation is 1. The Morgan fingerprint density at radius 1 is 1.22 bits per heavy atom. The van der Waals surface area contributed by atoms with E-state index in [1.54, 1.807) is 6.07 Å². The number of nitrogens with one attached hydrogen (secondary N) is 1. The van der Waals surface area contributed by atoms with Crippen molar-refractivity contribution in [1.82, 2.24) is 4.98 Å². The van der Waals surface area contributed by atoms with Gasteiger partial charge >= 0.3 is 0 Å². The summed E-state index contributed by atoms with van der Waals surface area (Å²) in [6.45, 7) is 2.01. The maximum atomic E-state index is 6.05. The van der Waals surface area contributed by atoms with Crippen LogP contribution in [0.15, 0.2) is 28.7 Å². The first-order valence-electron chi connectivity index (χ1n) is 5.12. The maximum absolute atomic E-state index is 6.05. The second kappa shape index (κ2) is 5.34. The Balaban J connectivity index is 2.34. The molecule has 3 nitrogen and oxygen atoms in total. The fourth-order valence-corrected chi connectivity index (χ4v) is 2.16. The molecular formula is C12H10BrCl2N3. The SMILES string of the molecule is Cc1ccc(Nc2nc(N)c(Cl)cc2Cl)cc1Br. The molecule has 1 heterocycles. The molecule has 3 N–H and O–H groups in total. The monoisotopic (exact) mass is 345 g/mol. The van der Waals surface area contributed by atoms with Gasteiger partial charge in [0.1, 0.15) is 5.82 Å². The number of benzene rings is 1. The van der Waals surface area contributed by atoms with Gasteiger partial charge in [0.25, 0.3) is 0 Å². The quantitative estimate of drug-likeness (QED) is 0.822. The lowest BCUT2D eigenvalue weighted by atomic mass is 10.2. The van der Waals surface area contributed by atoms with E-state index in [0.29, 0.717) is 15.9 Å². The third kappa shape index (κ3) is 2.88. The van der Waals surface area contributed by atoms with E-state index in [1.807, 2.05) is 25.1 Å². The number of pyridine rings is 1. The first kappa shape index (κ1) is 13.5. The Labute approximate surface area is 123 Å². The van der Waals surface area contributed by atoms with Gasteiger partial charge in [-0.3, -0.25) is 0 Å². The van der Waals surface area contributed by atoms with Crippen LogP contribution in [0.2, 0.25) is 10.0 Å². The lowest BCUT2D eigenvalue weighted by Gasteiger charge is -2.10. The zero-order valence-electron chi connectivity index (χ0n) is 9.47. The molecule has 6 heteroatoms. The van der Waals surface area contributed by atoms with Crippen molar-refractivity contribution in [1.29, 1.82) is 0 Å². The van der Waals surface area contributed by atoms with Crippen molar-refractivity contribution in [3.8, 4) is 0 Å². The van der Waals surface area contributed by atoms with Crippen LogP contribution < -0.4 is 11.1 Å². The Hall–Kier alpha value is -0.970. The summed E-state index contributed by atoms with van der Waals surface area (Å²) in [5, 5.41) is 3.86. The Bertz CT molecular complexity index is 602. The normalized spacial score (nSPS) is 10.4. The molecule has 0 aliphatic rings. The van der Waals surface area contributed by atoms with Gasteiger partial charge in [-0.15, -0.1) is 0 Å². The first-order valence-corrected chi connectivity index (χ1v) is 6.67. The van der Waals surface area contributed by atoms with E-state index in [4.69, 9.17) is 28.9 Å². The molecule has 0 bridgehead atoms. The molecule has 0 atom stereocenters. The fraction of sp³-hybridized carbons (Fsp3) is 0.0833. The zero-order chi connectivity index (χ0) is 13.3. The van der Waals surface area contributed by atoms with Crippen LogP contribution >= 0.6 is 39.1 Å². The van der Waals surface area contributed by atoms with Gasteiger partial charge in [0.15, 0.2) is 5.82 Å². The van der Waals surface area contributed by atoms with Crippen LogP contribution in [0.5, 0.6) is 0 Å². The predicted molar refractivity (Wildman–Crippen MR) is 80.8 cm³/mol. The molecule has 2 aromatic rings. The van der Waals surface area contributed by atoms with Gasteiger partial charge in [0.05, 0.1) is 10.0 Å². The molecule has 0 aliphatic carbocycles. The minimum absolute atomic E-state index is 0.245. The van der Waals surface area contributed by atoms with E-state index in [9.17, 15) is 0 Å². The summed E-state index contributed by atoms with van der Waals surface area (Å²) in [4.78, 5) is 4.11. The molecule has 0 saturated heterocycles. The molecule has 1 aromatic carbocycles. The molecule has 0 unspecified atom stereocenters. The van der Waals surface area contributed by atoms with Crippen LogP contribution in [0.4, 0.5) is 17.3 Å². The highest BCUT2D eigenvalue weighted by Gasteiger charge is 2.07. The zero-order valence-corrected chi connectivity index (χ0v) is 12.6. The van der Waals surface area contributed by atoms with Gasteiger partial charge in [-0.1, -0.05) is 45.2 Å². The molecule has 0 amide bonds. The van der Waals surface area contributed by atoms with Gasteiger partial charge in [-0.05, 0) is 30.7 Å². The lowest BCUT2D eigenvalue weighted by Crippen LogP contribution is -1.99. The highest BCUT2D eigenvalue weighted by Crippen LogP contribution is 2.30. The summed E-state index contributed by atoms with van der Waals surface area (Å²) in [7, 11) is 0. The van der Waals surface area contributed by atoms with Gasteiger partial charge in [0.2, 0.25) is 0 Å². The number of rotatable bonds is 2. The summed E-state index contributed by atoms with van der Waals surface area (Å²) >= 11 is 15.3. The van der Waals surface area contributed by atoms with Crippen molar-refractivity contribution in [2.75, 3.05) is 11.1 Å². The van der Waals surface area contributed by atoms with Gasteiger partial charge < -0.3 is 11.1 Å². The first-order chi connectivity index (χ1) is 8.47. The molecular weight excluding hydrogens is 337 g/mol. The molecule has 18 heavy (non-hydrogen) atoms. The van der Waals surface area contributed by atoms with Crippen LogP contribution in [-0.2, 0) is 0 Å². The largest absolute Gasteiger partial charge is 0.382 e. The van der Waals surface area contributed by atoms with Crippen LogP contribution in [0.1, 0.15) is 5.56 Å². The van der Waals surface area contributed by atoms with Crippen LogP contribution in [0, 0.1) is 6.92 Å². The van der Waals surface area contributed by atoms with E-state index in [2.05, 4.69) is 26.2 Å². The summed E-state index contributed by atoms with van der Waals surface area (Å²) < 4.78 is 1.01. The minimum atomic E-state index is 0.245. The molecule has 0 spiro atoms. The topological polar surface area (TPSA) is 50.9 Å². The standard InChI is InChI=1S/C12H10BrCl2N3/c1-6-2-3-7(4-8(6)13)17-12-10(15)5-9(14)11(16)18-12/h2-5H,1H3,(H3,16,17,18). The summed E-state index contributed by atoms with van der Waals surface area (Å²) in [6, 6.07) is 7.43. The number of nitrogens with zero attached hydrogens (tertiary/aromatic N) is 1. The van der Waals surface area contributed by atoms with Crippen molar-refractivity contribution >= 4 is 56.5 Å². The third-order valence-corrected chi connectivity index (χ3v) is 3.84. The average Bonchev–Trinajstić information content (AvgIpc) is 2.31. The Morgan fingerprint density at radius 3 is 2.61 bits per heavy atom. The predicted octanol–water partition coefficient (Wildman–Crippen LogP) is 4.79. The average molecular weight is 347 g/mol. The molecule has 0 radical (unpaired) electrons. The summed E-state index contributed by atoms with van der Waals surface area (Å²) in [5.74, 6) is 0.726. The Morgan fingerprint density at radius 2 is 1.94 bits per heavy atom. The molecule has 0 aliphatic heterocycles. The highest BCUT2D eigenvalue weighted by molar-refractivity contribution is 9.10. The van der Waals surface area contributed by atoms with Gasteiger partial charge in [-0.25, -0.2) is 4.98 Å². The lowest BCUT2D eigenvalue weighted by molar-refractivity contribution is 1.31. The van der Waals surface area contributed by atoms with Gasteiger partial charge in [0, 0.05) is 10.2 Å². The van der Waals surface area contributed by atoms with E-state index in [-0.39, 0.29) is 5.82 Å². The van der Waals surface area contributed by atoms with Crippen LogP contribution in [-0.4, -0.2) is 4.98 Å². The molecule has 0 fully saturated rings. The number of hydrogen-bond acceptors (Lipinski definition) is 3. The number of nitrogens with two attached hydrogens (primary N) is 1. The van der Waals surface area contributed by atoms with Crippen molar-refractivity contribution in [3.63, 3.8) is 0 Å². The van der Waals surface area contributed by atoms with E-state index in [1.165, 1.54) is 0 Å². The smallest absolute Gasteiger partial charge is 0.151 e. The summed E-state index contributed by atoms with van der Waals surface area (Å²) in [6.07, 6.45) is 0. The second-order valence-corrected chi connectivity index (χ2v) is 5.44. The van der Waals surface area contributed by atoms with E-state index >= 15 is 0 Å². The Kier molecular flexibility index (Phi) is 4.00. The second-order valence-electron chi connectivity index (χ2n) is 3.77. The van der Waals surface area contributed by atoms with Crippen molar-refractivity contribution < 1.29 is 0 Å². The van der Waals surface area contributed by atoms with E-state index in [0.717, 1.165) is 15.7 Å². The number of hydrogen-bond donors (Lipinski definition) is 2. The van der Waals surface area contributed by atoms with Crippen molar-refractivity contribution in [2.24, 2.45) is 0 Å². The molecule has 0 saturated carbocycles. The van der Waals surface area contributed by atoms with Crippen LogP contribution in [0.3, 0.4) is 0 Å². The van der Waals surface area contributed by atoms with Crippen molar-refractivity contribution in [2.45, 2.75) is 6.92 Å². The highest BCUT2D eigenvalue weighted by atomic mass is 79.9. The summed E-state index contributed by atoms with van der Waals surface area (Å²) in [5.41, 5.74) is 7.66. The minimum Gasteiger partial charge on any atom is -0.382 e.